The maximum Gasteiger partial charge on any atom is 0.573 e. The van der Waals surface area contributed by atoms with E-state index < -0.39 is 57.9 Å². The zero-order valence-corrected chi connectivity index (χ0v) is 24.1. The molecule has 0 heterocycles. The lowest BCUT2D eigenvalue weighted by atomic mass is 9.88. The van der Waals surface area contributed by atoms with Crippen molar-refractivity contribution in [2.75, 3.05) is 0 Å². The summed E-state index contributed by atoms with van der Waals surface area (Å²) in [7, 11) is 0. The Morgan fingerprint density at radius 2 is 1.70 bits per heavy atom. The first-order valence-corrected chi connectivity index (χ1v) is 14.2. The fraction of sp³-hybridized carbons (Fsp3) is 0.333. The van der Waals surface area contributed by atoms with E-state index in [0.717, 1.165) is 37.8 Å². The topological polar surface area (TPSA) is 18.5 Å². The normalized spacial score (nSPS) is 18.5. The van der Waals surface area contributed by atoms with Crippen LogP contribution in [0.25, 0.3) is 0 Å². The summed E-state index contributed by atoms with van der Waals surface area (Å²) in [5.41, 5.74) is 0.563. The molecule has 2 aliphatic carbocycles. The molecule has 0 amide bonds. The molecule has 2 nitrogen and oxygen atoms in total. The fourth-order valence-corrected chi connectivity index (χ4v) is 4.99. The van der Waals surface area contributed by atoms with Crippen LogP contribution in [0.5, 0.6) is 11.5 Å². The van der Waals surface area contributed by atoms with Gasteiger partial charge < -0.3 is 9.47 Å². The second-order valence-electron chi connectivity index (χ2n) is 10.3. The van der Waals surface area contributed by atoms with Gasteiger partial charge in [0.15, 0.2) is 11.6 Å². The van der Waals surface area contributed by atoms with Gasteiger partial charge in [0.25, 0.3) is 0 Å². The van der Waals surface area contributed by atoms with E-state index in [1.54, 1.807) is 6.08 Å². The van der Waals surface area contributed by atoms with Gasteiger partial charge in [-0.15, -0.1) is 13.2 Å². The molecule has 0 saturated heterocycles. The molecule has 0 N–H and O–H groups in total. The number of rotatable bonds is 9. The monoisotopic (exact) mass is 642 g/mol. The summed E-state index contributed by atoms with van der Waals surface area (Å²) in [6, 6.07) is 3.18. The lowest BCUT2D eigenvalue weighted by molar-refractivity contribution is -0.275. The molecule has 2 aromatic rings. The molecule has 0 radical (unpaired) electrons. The molecule has 0 spiro atoms. The highest BCUT2D eigenvalue weighted by atomic mass is 35.5. The minimum Gasteiger partial charge on any atom is -0.429 e. The third-order valence-electron chi connectivity index (χ3n) is 6.99. The molecule has 0 bridgehead atoms. The third-order valence-corrected chi connectivity index (χ3v) is 7.27. The zero-order chi connectivity index (χ0) is 32.1. The number of hydrogen-bond donors (Lipinski definition) is 0. The van der Waals surface area contributed by atoms with Crippen LogP contribution in [-0.4, -0.2) is 6.36 Å². The maximum atomic E-state index is 15.0. The summed E-state index contributed by atoms with van der Waals surface area (Å²) in [5, 5.41) is -1.00. The summed E-state index contributed by atoms with van der Waals surface area (Å²) in [5.74, 6) is -1.05. The zero-order valence-electron chi connectivity index (χ0n) is 23.4. The van der Waals surface area contributed by atoms with E-state index in [1.807, 2.05) is 6.08 Å². The summed E-state index contributed by atoms with van der Waals surface area (Å²) in [4.78, 5) is 0. The predicted octanol–water partition coefficient (Wildman–Crippen LogP) is 11.0. The molecular formula is C33H27ClF8O2. The lowest BCUT2D eigenvalue weighted by Crippen LogP contribution is -2.24. The molecule has 0 aliphatic heterocycles. The minimum absolute atomic E-state index is 0.00390. The largest absolute Gasteiger partial charge is 0.573 e. The van der Waals surface area contributed by atoms with Gasteiger partial charge in [0.05, 0.1) is 10.6 Å². The maximum absolute atomic E-state index is 15.0. The quantitative estimate of drug-likeness (QED) is 0.154. The van der Waals surface area contributed by atoms with Gasteiger partial charge in [-0.25, -0.2) is 13.2 Å². The first-order chi connectivity index (χ1) is 20.8. The smallest absolute Gasteiger partial charge is 0.429 e. The van der Waals surface area contributed by atoms with Crippen molar-refractivity contribution in [3.63, 3.8) is 0 Å². The molecule has 0 aromatic heterocycles. The molecule has 44 heavy (non-hydrogen) atoms. The summed E-state index contributed by atoms with van der Waals surface area (Å²) in [6.07, 6.45) is 4.90. The number of halogens is 9. The molecule has 2 aromatic carbocycles. The van der Waals surface area contributed by atoms with E-state index >= 15 is 4.39 Å². The van der Waals surface area contributed by atoms with Gasteiger partial charge in [-0.05, 0) is 49.5 Å². The van der Waals surface area contributed by atoms with Gasteiger partial charge >= 0.3 is 12.5 Å². The SMILES string of the molecule is CCCCCC1=CCC(C#CC2=CCC(c3ccc(C(F)(F)Oc4cc(F)c(OC(F)(F)F)c(Cl)c4)c(F)c3)C(F)=C2)C=C1. The lowest BCUT2D eigenvalue weighted by Gasteiger charge is -2.22. The Balaban J connectivity index is 1.41. The molecule has 2 aliphatic rings. The van der Waals surface area contributed by atoms with Gasteiger partial charge in [-0.2, -0.15) is 8.78 Å². The highest BCUT2D eigenvalue weighted by molar-refractivity contribution is 6.32. The van der Waals surface area contributed by atoms with Gasteiger partial charge in [-0.3, -0.25) is 0 Å². The highest BCUT2D eigenvalue weighted by Gasteiger charge is 2.39. The standard InChI is InChI=1S/C33H27ClF8O2/c1-2-3-4-5-20-6-8-21(9-7-20)10-11-22-12-14-25(28(35)16-22)23-13-15-26(29(36)17-23)32(38,39)43-24-18-27(34)31(30(37)19-24)44-33(40,41)42/h6-8,12-13,15-19,21,25H,2-5,9,14H2,1H3. The number of alkyl halides is 5. The van der Waals surface area contributed by atoms with E-state index in [0.29, 0.717) is 17.7 Å². The number of ether oxygens (including phenoxy) is 2. The minimum atomic E-state index is -5.29. The molecule has 2 atom stereocenters. The molecule has 0 saturated carbocycles. The van der Waals surface area contributed by atoms with Crippen LogP contribution in [0.3, 0.4) is 0 Å². The highest BCUT2D eigenvalue weighted by Crippen LogP contribution is 2.41. The van der Waals surface area contributed by atoms with E-state index in [2.05, 4.69) is 40.4 Å². The molecular weight excluding hydrogens is 616 g/mol. The van der Waals surface area contributed by atoms with Crippen molar-refractivity contribution in [1.29, 1.82) is 0 Å². The third kappa shape index (κ3) is 8.69. The summed E-state index contributed by atoms with van der Waals surface area (Å²) >= 11 is 5.54. The average molecular weight is 643 g/mol. The molecule has 11 heteroatoms. The summed E-state index contributed by atoms with van der Waals surface area (Å²) < 4.78 is 119. The number of benzene rings is 2. The average Bonchev–Trinajstić information content (AvgIpc) is 2.94. The Kier molecular flexibility index (Phi) is 10.5. The molecule has 4 rings (SSSR count). The van der Waals surface area contributed by atoms with Crippen LogP contribution < -0.4 is 9.47 Å². The van der Waals surface area contributed by atoms with Crippen molar-refractivity contribution in [3.8, 4) is 23.3 Å². The van der Waals surface area contributed by atoms with E-state index in [4.69, 9.17) is 11.6 Å². The van der Waals surface area contributed by atoms with Crippen LogP contribution in [0.4, 0.5) is 35.1 Å². The van der Waals surface area contributed by atoms with Crippen LogP contribution >= 0.6 is 11.6 Å². The van der Waals surface area contributed by atoms with Crippen molar-refractivity contribution in [1.82, 2.24) is 0 Å². The van der Waals surface area contributed by atoms with Crippen LogP contribution in [0.2, 0.25) is 5.02 Å². The van der Waals surface area contributed by atoms with E-state index in [9.17, 15) is 30.7 Å². The van der Waals surface area contributed by atoms with Gasteiger partial charge in [0.1, 0.15) is 17.4 Å². The van der Waals surface area contributed by atoms with Crippen LogP contribution in [0.15, 0.2) is 77.7 Å². The Bertz CT molecular complexity index is 1540. The summed E-state index contributed by atoms with van der Waals surface area (Å²) in [6.45, 7) is 2.15. The number of hydrogen-bond acceptors (Lipinski definition) is 2. The molecule has 0 fully saturated rings. The Morgan fingerprint density at radius 3 is 2.32 bits per heavy atom. The van der Waals surface area contributed by atoms with Gasteiger partial charge in [0.2, 0.25) is 0 Å². The van der Waals surface area contributed by atoms with Crippen LogP contribution in [0.1, 0.15) is 62.5 Å². The van der Waals surface area contributed by atoms with Crippen LogP contribution in [-0.2, 0) is 6.11 Å². The second-order valence-corrected chi connectivity index (χ2v) is 10.7. The fourth-order valence-electron chi connectivity index (χ4n) is 4.76. The number of unbranched alkanes of at least 4 members (excludes halogenated alkanes) is 2. The Morgan fingerprint density at radius 1 is 0.932 bits per heavy atom. The van der Waals surface area contributed by atoms with Crippen LogP contribution in [0, 0.1) is 29.4 Å². The van der Waals surface area contributed by atoms with Crippen molar-refractivity contribution in [2.45, 2.75) is 63.8 Å². The van der Waals surface area contributed by atoms with Crippen molar-refractivity contribution >= 4 is 11.6 Å². The Labute approximate surface area is 254 Å². The second kappa shape index (κ2) is 13.9. The van der Waals surface area contributed by atoms with Gasteiger partial charge in [-0.1, -0.05) is 79.2 Å². The Hall–Kier alpha value is -3.71. The van der Waals surface area contributed by atoms with E-state index in [-0.39, 0.29) is 24.0 Å². The van der Waals surface area contributed by atoms with Crippen molar-refractivity contribution < 1.29 is 44.6 Å². The predicted molar refractivity (Wildman–Crippen MR) is 151 cm³/mol. The number of allylic oxidation sites excluding steroid dienone is 8. The first kappa shape index (κ1) is 33.2. The molecule has 2 unspecified atom stereocenters. The molecule has 234 valence electrons. The van der Waals surface area contributed by atoms with E-state index in [1.165, 1.54) is 18.1 Å². The van der Waals surface area contributed by atoms with Crippen molar-refractivity contribution in [3.05, 3.63) is 105 Å². The van der Waals surface area contributed by atoms with Crippen molar-refractivity contribution in [2.24, 2.45) is 5.92 Å². The van der Waals surface area contributed by atoms with Gasteiger partial charge in [0, 0.05) is 29.5 Å². The first-order valence-electron chi connectivity index (χ1n) is 13.8.